The summed E-state index contributed by atoms with van der Waals surface area (Å²) in [7, 11) is 0. The first-order valence-corrected chi connectivity index (χ1v) is 6.73. The number of nitrogens with one attached hydrogen (secondary N) is 1. The van der Waals surface area contributed by atoms with Gasteiger partial charge >= 0.3 is 0 Å². The fraction of sp³-hybridized carbons (Fsp3) is 0.500. The predicted octanol–water partition coefficient (Wildman–Crippen LogP) is 3.74. The van der Waals surface area contributed by atoms with E-state index < -0.39 is 4.92 Å². The zero-order chi connectivity index (χ0) is 14.0. The molecule has 1 aliphatic heterocycles. The third kappa shape index (κ3) is 3.29. The van der Waals surface area contributed by atoms with Gasteiger partial charge in [0.2, 0.25) is 0 Å². The maximum atomic E-state index is 10.7. The molecule has 2 unspecified atom stereocenters. The van der Waals surface area contributed by atoms with Crippen LogP contribution in [0.15, 0.2) is 12.1 Å². The number of anilines is 1. The van der Waals surface area contributed by atoms with E-state index in [-0.39, 0.29) is 21.8 Å². The summed E-state index contributed by atoms with van der Waals surface area (Å²) >= 11 is 12.0. The molecule has 0 saturated carbocycles. The topological polar surface area (TPSA) is 64.4 Å². The van der Waals surface area contributed by atoms with Crippen molar-refractivity contribution in [2.24, 2.45) is 5.92 Å². The summed E-state index contributed by atoms with van der Waals surface area (Å²) in [6, 6.07) is 2.59. The number of hydrogen-bond acceptors (Lipinski definition) is 4. The number of benzene rings is 1. The smallest absolute Gasteiger partial charge is 0.272 e. The van der Waals surface area contributed by atoms with Crippen LogP contribution in [0.4, 0.5) is 11.4 Å². The zero-order valence-corrected chi connectivity index (χ0v) is 11.9. The third-order valence-corrected chi connectivity index (χ3v) is 3.91. The Kier molecular flexibility index (Phi) is 4.50. The number of nitro groups is 1. The van der Waals surface area contributed by atoms with Crippen molar-refractivity contribution in [2.75, 3.05) is 18.5 Å². The Balaban J connectivity index is 2.10. The van der Waals surface area contributed by atoms with Gasteiger partial charge in [-0.1, -0.05) is 23.2 Å². The summed E-state index contributed by atoms with van der Waals surface area (Å²) in [5, 5.41) is 14.3. The van der Waals surface area contributed by atoms with Gasteiger partial charge in [-0.3, -0.25) is 10.1 Å². The normalized spacial score (nSPS) is 22.5. The average molecular weight is 305 g/mol. The Morgan fingerprint density at radius 3 is 2.58 bits per heavy atom. The first kappa shape index (κ1) is 14.4. The lowest BCUT2D eigenvalue weighted by Gasteiger charge is -2.17. The minimum Gasteiger partial charge on any atom is -0.382 e. The molecule has 0 bridgehead atoms. The van der Waals surface area contributed by atoms with E-state index in [2.05, 4.69) is 5.32 Å². The first-order valence-electron chi connectivity index (χ1n) is 5.98. The number of rotatable bonds is 4. The molecule has 19 heavy (non-hydrogen) atoms. The van der Waals surface area contributed by atoms with Crippen LogP contribution in [0.5, 0.6) is 0 Å². The fourth-order valence-electron chi connectivity index (χ4n) is 2.11. The van der Waals surface area contributed by atoms with Crippen molar-refractivity contribution < 1.29 is 9.66 Å². The van der Waals surface area contributed by atoms with Crippen molar-refractivity contribution in [3.05, 3.63) is 32.3 Å². The van der Waals surface area contributed by atoms with Gasteiger partial charge in [-0.25, -0.2) is 0 Å². The highest BCUT2D eigenvalue weighted by atomic mass is 35.5. The van der Waals surface area contributed by atoms with E-state index in [1.54, 1.807) is 0 Å². The quantitative estimate of drug-likeness (QED) is 0.680. The van der Waals surface area contributed by atoms with Crippen molar-refractivity contribution >= 4 is 34.6 Å². The van der Waals surface area contributed by atoms with Gasteiger partial charge in [0.05, 0.1) is 26.8 Å². The molecule has 1 saturated heterocycles. The van der Waals surface area contributed by atoms with Crippen LogP contribution in [-0.4, -0.2) is 24.2 Å². The Morgan fingerprint density at radius 2 is 2.11 bits per heavy atom. The number of nitro benzene ring substituents is 1. The van der Waals surface area contributed by atoms with E-state index >= 15 is 0 Å². The summed E-state index contributed by atoms with van der Waals surface area (Å²) in [4.78, 5) is 10.2. The van der Waals surface area contributed by atoms with Crippen molar-refractivity contribution in [3.63, 3.8) is 0 Å². The second kappa shape index (κ2) is 5.94. The van der Waals surface area contributed by atoms with Crippen LogP contribution in [0.2, 0.25) is 10.0 Å². The van der Waals surface area contributed by atoms with E-state index in [0.717, 1.165) is 13.0 Å². The van der Waals surface area contributed by atoms with Gasteiger partial charge < -0.3 is 10.1 Å². The largest absolute Gasteiger partial charge is 0.382 e. The second-order valence-corrected chi connectivity index (χ2v) is 5.36. The molecule has 1 heterocycles. The number of nitrogens with zero attached hydrogens (tertiary/aromatic N) is 1. The van der Waals surface area contributed by atoms with Gasteiger partial charge in [-0.15, -0.1) is 0 Å². The lowest BCUT2D eigenvalue weighted by Crippen LogP contribution is -2.21. The van der Waals surface area contributed by atoms with Gasteiger partial charge in [0, 0.05) is 31.2 Å². The summed E-state index contributed by atoms with van der Waals surface area (Å²) in [5.41, 5.74) is 0.422. The number of non-ortho nitro benzene ring substituents is 1. The minimum absolute atomic E-state index is 0.113. The minimum atomic E-state index is -0.519. The van der Waals surface area contributed by atoms with Crippen LogP contribution in [0, 0.1) is 16.0 Å². The molecule has 0 aliphatic carbocycles. The van der Waals surface area contributed by atoms with Crippen molar-refractivity contribution in [2.45, 2.75) is 19.4 Å². The molecular formula is C12H14Cl2N2O3. The molecule has 0 amide bonds. The van der Waals surface area contributed by atoms with Gasteiger partial charge in [0.15, 0.2) is 0 Å². The molecule has 104 valence electrons. The molecule has 5 nitrogen and oxygen atoms in total. The molecule has 2 rings (SSSR count). The SMILES string of the molecule is CC1OCCC1CNc1c(Cl)cc([N+](=O)[O-])cc1Cl. The highest BCUT2D eigenvalue weighted by Gasteiger charge is 2.24. The molecule has 1 aromatic carbocycles. The van der Waals surface area contributed by atoms with Gasteiger partial charge in [0.1, 0.15) is 0 Å². The molecule has 1 N–H and O–H groups in total. The van der Waals surface area contributed by atoms with Crippen LogP contribution in [-0.2, 0) is 4.74 Å². The maximum Gasteiger partial charge on any atom is 0.272 e. The molecular weight excluding hydrogens is 291 g/mol. The van der Waals surface area contributed by atoms with Crippen molar-refractivity contribution in [3.8, 4) is 0 Å². The van der Waals surface area contributed by atoms with Gasteiger partial charge in [-0.05, 0) is 13.3 Å². The average Bonchev–Trinajstić information content (AvgIpc) is 2.73. The molecule has 0 aromatic heterocycles. The first-order chi connectivity index (χ1) is 8.99. The molecule has 7 heteroatoms. The highest BCUT2D eigenvalue weighted by molar-refractivity contribution is 6.39. The molecule has 0 radical (unpaired) electrons. The number of hydrogen-bond donors (Lipinski definition) is 1. The van der Waals surface area contributed by atoms with Crippen molar-refractivity contribution in [1.82, 2.24) is 0 Å². The van der Waals surface area contributed by atoms with E-state index in [1.807, 2.05) is 6.92 Å². The number of ether oxygens (including phenoxy) is 1. The van der Waals surface area contributed by atoms with Crippen molar-refractivity contribution in [1.29, 1.82) is 0 Å². The zero-order valence-electron chi connectivity index (χ0n) is 10.4. The standard InChI is InChI=1S/C12H14Cl2N2O3/c1-7-8(2-3-19-7)6-15-12-10(13)4-9(16(17)18)5-11(12)14/h4-5,7-8,15H,2-3,6H2,1H3. The third-order valence-electron chi connectivity index (χ3n) is 3.31. The van der Waals surface area contributed by atoms with Gasteiger partial charge in [0.25, 0.3) is 5.69 Å². The van der Waals surface area contributed by atoms with Crippen LogP contribution in [0.3, 0.4) is 0 Å². The lowest BCUT2D eigenvalue weighted by molar-refractivity contribution is -0.384. The molecule has 1 aliphatic rings. The van der Waals surface area contributed by atoms with Crippen LogP contribution < -0.4 is 5.32 Å². The number of halogens is 2. The van der Waals surface area contributed by atoms with Crippen LogP contribution >= 0.6 is 23.2 Å². The molecule has 2 atom stereocenters. The monoisotopic (exact) mass is 304 g/mol. The summed E-state index contributed by atoms with van der Waals surface area (Å²) in [6.45, 7) is 3.46. The Bertz CT molecular complexity index is 473. The Hall–Kier alpha value is -1.04. The van der Waals surface area contributed by atoms with Crippen LogP contribution in [0.1, 0.15) is 13.3 Å². The Labute approximate surface area is 121 Å². The molecule has 0 spiro atoms. The van der Waals surface area contributed by atoms with Crippen LogP contribution in [0.25, 0.3) is 0 Å². The Morgan fingerprint density at radius 1 is 1.47 bits per heavy atom. The fourth-order valence-corrected chi connectivity index (χ4v) is 2.72. The van der Waals surface area contributed by atoms with Gasteiger partial charge in [-0.2, -0.15) is 0 Å². The van der Waals surface area contributed by atoms with E-state index in [0.29, 0.717) is 18.2 Å². The lowest BCUT2D eigenvalue weighted by atomic mass is 10.0. The molecule has 1 aromatic rings. The van der Waals surface area contributed by atoms with E-state index in [4.69, 9.17) is 27.9 Å². The highest BCUT2D eigenvalue weighted by Crippen LogP contribution is 2.35. The summed E-state index contributed by atoms with van der Waals surface area (Å²) < 4.78 is 5.47. The summed E-state index contributed by atoms with van der Waals surface area (Å²) in [6.07, 6.45) is 1.18. The second-order valence-electron chi connectivity index (χ2n) is 4.55. The predicted molar refractivity (Wildman–Crippen MR) is 75.1 cm³/mol. The van der Waals surface area contributed by atoms with E-state index in [1.165, 1.54) is 12.1 Å². The summed E-state index contributed by atoms with van der Waals surface area (Å²) in [5.74, 6) is 0.391. The maximum absolute atomic E-state index is 10.7. The molecule has 1 fully saturated rings. The van der Waals surface area contributed by atoms with E-state index in [9.17, 15) is 10.1 Å².